The van der Waals surface area contributed by atoms with Crippen LogP contribution in [0.3, 0.4) is 0 Å². The van der Waals surface area contributed by atoms with Gasteiger partial charge in [-0.05, 0) is 25.5 Å². The Balaban J connectivity index is 2.23. The molecule has 15 heavy (non-hydrogen) atoms. The van der Waals surface area contributed by atoms with Crippen molar-refractivity contribution in [1.29, 1.82) is 0 Å². The van der Waals surface area contributed by atoms with Crippen LogP contribution in [0.2, 0.25) is 5.02 Å². The van der Waals surface area contributed by atoms with Crippen LogP contribution in [0.5, 0.6) is 0 Å². The molecule has 1 aliphatic rings. The molecule has 0 saturated carbocycles. The molecule has 1 fully saturated rings. The van der Waals surface area contributed by atoms with E-state index in [0.717, 1.165) is 19.4 Å². The highest BCUT2D eigenvalue weighted by atomic mass is 35.5. The van der Waals surface area contributed by atoms with Crippen molar-refractivity contribution >= 4 is 11.6 Å². The van der Waals surface area contributed by atoms with Crippen LogP contribution < -0.4 is 5.32 Å². The maximum atomic E-state index is 13.7. The van der Waals surface area contributed by atoms with Gasteiger partial charge in [-0.25, -0.2) is 4.39 Å². The second-order valence-electron chi connectivity index (χ2n) is 4.00. The number of hydrogen-bond acceptors (Lipinski definition) is 1. The zero-order chi connectivity index (χ0) is 10.7. The van der Waals surface area contributed by atoms with Gasteiger partial charge in [-0.2, -0.15) is 0 Å². The topological polar surface area (TPSA) is 12.0 Å². The van der Waals surface area contributed by atoms with Crippen LogP contribution >= 0.6 is 11.6 Å². The summed E-state index contributed by atoms with van der Waals surface area (Å²) >= 11 is 5.77. The van der Waals surface area contributed by atoms with Crippen LogP contribution in [0.25, 0.3) is 0 Å². The first-order valence-corrected chi connectivity index (χ1v) is 5.84. The molecule has 2 rings (SSSR count). The third kappa shape index (κ3) is 2.50. The summed E-state index contributed by atoms with van der Waals surface area (Å²) in [4.78, 5) is 0. The minimum Gasteiger partial charge on any atom is -0.310 e. The van der Waals surface area contributed by atoms with E-state index in [4.69, 9.17) is 11.6 Å². The maximum absolute atomic E-state index is 13.7. The Morgan fingerprint density at radius 2 is 2.13 bits per heavy atom. The molecule has 82 valence electrons. The summed E-state index contributed by atoms with van der Waals surface area (Å²) in [5, 5.41) is 3.59. The van der Waals surface area contributed by atoms with Gasteiger partial charge in [0.25, 0.3) is 0 Å². The standard InChI is InChI=1S/C12H15ClFN/c13-10-6-4-5-9(12(10)14)11-7-2-1-3-8-15-11/h4-6,11,15H,1-3,7-8H2. The maximum Gasteiger partial charge on any atom is 0.146 e. The molecule has 1 aromatic carbocycles. The Kier molecular flexibility index (Phi) is 3.60. The van der Waals surface area contributed by atoms with Gasteiger partial charge >= 0.3 is 0 Å². The third-order valence-corrected chi connectivity index (χ3v) is 3.21. The molecule has 0 aromatic heterocycles. The normalized spacial score (nSPS) is 22.4. The van der Waals surface area contributed by atoms with E-state index in [1.807, 2.05) is 12.1 Å². The van der Waals surface area contributed by atoms with Crippen LogP contribution in [0.4, 0.5) is 4.39 Å². The van der Waals surface area contributed by atoms with Crippen LogP contribution in [-0.2, 0) is 0 Å². The molecule has 0 radical (unpaired) electrons. The fourth-order valence-electron chi connectivity index (χ4n) is 2.08. The minimum absolute atomic E-state index is 0.131. The molecule has 0 aliphatic carbocycles. The van der Waals surface area contributed by atoms with Gasteiger partial charge in [-0.15, -0.1) is 0 Å². The number of hydrogen-bond donors (Lipinski definition) is 1. The second-order valence-corrected chi connectivity index (χ2v) is 4.41. The van der Waals surface area contributed by atoms with Gasteiger partial charge in [0.15, 0.2) is 0 Å². The molecule has 1 heterocycles. The van der Waals surface area contributed by atoms with Gasteiger partial charge in [0.05, 0.1) is 5.02 Å². The van der Waals surface area contributed by atoms with Crippen molar-refractivity contribution in [1.82, 2.24) is 5.32 Å². The van der Waals surface area contributed by atoms with Crippen molar-refractivity contribution in [2.24, 2.45) is 0 Å². The van der Waals surface area contributed by atoms with Gasteiger partial charge in [-0.3, -0.25) is 0 Å². The summed E-state index contributed by atoms with van der Waals surface area (Å²) in [6, 6.07) is 5.36. The van der Waals surface area contributed by atoms with Gasteiger partial charge < -0.3 is 5.32 Å². The van der Waals surface area contributed by atoms with Gasteiger partial charge in [0.1, 0.15) is 5.82 Å². The SMILES string of the molecule is Fc1c(Cl)cccc1C1CCCCCN1. The van der Waals surface area contributed by atoms with E-state index in [1.54, 1.807) is 6.07 Å². The average molecular weight is 228 g/mol. The van der Waals surface area contributed by atoms with Crippen LogP contribution in [-0.4, -0.2) is 6.54 Å². The first kappa shape index (κ1) is 10.9. The first-order chi connectivity index (χ1) is 7.29. The van der Waals surface area contributed by atoms with Gasteiger partial charge in [0.2, 0.25) is 0 Å². The molecule has 1 unspecified atom stereocenters. The van der Waals surface area contributed by atoms with Crippen molar-refractivity contribution in [3.8, 4) is 0 Å². The minimum atomic E-state index is -0.265. The highest BCUT2D eigenvalue weighted by Crippen LogP contribution is 2.28. The quantitative estimate of drug-likeness (QED) is 0.772. The third-order valence-electron chi connectivity index (χ3n) is 2.92. The lowest BCUT2D eigenvalue weighted by atomic mass is 10.0. The molecule has 1 atom stereocenters. The van der Waals surface area contributed by atoms with E-state index in [2.05, 4.69) is 5.32 Å². The summed E-state index contributed by atoms with van der Waals surface area (Å²) in [6.07, 6.45) is 4.56. The highest BCUT2D eigenvalue weighted by Gasteiger charge is 2.18. The number of rotatable bonds is 1. The molecule has 1 N–H and O–H groups in total. The van der Waals surface area contributed by atoms with Crippen LogP contribution in [0.1, 0.15) is 37.3 Å². The molecule has 3 heteroatoms. The lowest BCUT2D eigenvalue weighted by Gasteiger charge is -2.17. The zero-order valence-corrected chi connectivity index (χ0v) is 9.36. The fourth-order valence-corrected chi connectivity index (χ4v) is 2.27. The van der Waals surface area contributed by atoms with E-state index in [-0.39, 0.29) is 16.9 Å². The molecule has 0 spiro atoms. The van der Waals surface area contributed by atoms with Crippen LogP contribution in [0.15, 0.2) is 18.2 Å². The largest absolute Gasteiger partial charge is 0.310 e. The summed E-state index contributed by atoms with van der Waals surface area (Å²) in [5.41, 5.74) is 0.712. The van der Waals surface area contributed by atoms with E-state index in [0.29, 0.717) is 5.56 Å². The van der Waals surface area contributed by atoms with Crippen molar-refractivity contribution in [2.75, 3.05) is 6.54 Å². The fraction of sp³-hybridized carbons (Fsp3) is 0.500. The molecule has 1 saturated heterocycles. The summed E-state index contributed by atoms with van der Waals surface area (Å²) in [5.74, 6) is -0.265. The van der Waals surface area contributed by atoms with Gasteiger partial charge in [-0.1, -0.05) is 36.6 Å². The van der Waals surface area contributed by atoms with Gasteiger partial charge in [0, 0.05) is 11.6 Å². The highest BCUT2D eigenvalue weighted by molar-refractivity contribution is 6.30. The molecule has 1 nitrogen and oxygen atoms in total. The van der Waals surface area contributed by atoms with Crippen molar-refractivity contribution in [3.05, 3.63) is 34.6 Å². The lowest BCUT2D eigenvalue weighted by molar-refractivity contribution is 0.499. The number of nitrogens with one attached hydrogen (secondary N) is 1. The first-order valence-electron chi connectivity index (χ1n) is 5.46. The molecular weight excluding hydrogens is 213 g/mol. The molecule has 1 aromatic rings. The predicted molar refractivity (Wildman–Crippen MR) is 60.6 cm³/mol. The number of benzene rings is 1. The molecular formula is C12H15ClFN. The Morgan fingerprint density at radius 3 is 3.00 bits per heavy atom. The number of halogens is 2. The van der Waals surface area contributed by atoms with Crippen molar-refractivity contribution < 1.29 is 4.39 Å². The molecule has 0 amide bonds. The average Bonchev–Trinajstić information content (AvgIpc) is 2.50. The van der Waals surface area contributed by atoms with Crippen molar-refractivity contribution in [3.63, 3.8) is 0 Å². The smallest absolute Gasteiger partial charge is 0.146 e. The lowest BCUT2D eigenvalue weighted by Crippen LogP contribution is -2.21. The summed E-state index contributed by atoms with van der Waals surface area (Å²) in [6.45, 7) is 0.969. The molecule has 0 bridgehead atoms. The van der Waals surface area contributed by atoms with E-state index in [1.165, 1.54) is 12.8 Å². The Bertz CT molecular complexity index is 332. The second kappa shape index (κ2) is 4.95. The monoisotopic (exact) mass is 227 g/mol. The van der Waals surface area contributed by atoms with E-state index in [9.17, 15) is 4.39 Å². The van der Waals surface area contributed by atoms with Crippen LogP contribution in [0, 0.1) is 5.82 Å². The van der Waals surface area contributed by atoms with E-state index >= 15 is 0 Å². The summed E-state index contributed by atoms with van der Waals surface area (Å²) in [7, 11) is 0. The zero-order valence-electron chi connectivity index (χ0n) is 8.60. The van der Waals surface area contributed by atoms with Crippen molar-refractivity contribution in [2.45, 2.75) is 31.7 Å². The Labute approximate surface area is 94.6 Å². The summed E-state index contributed by atoms with van der Waals surface area (Å²) < 4.78 is 13.7. The Morgan fingerprint density at radius 1 is 1.27 bits per heavy atom. The predicted octanol–water partition coefficient (Wildman–Crippen LogP) is 3.68. The van der Waals surface area contributed by atoms with E-state index < -0.39 is 0 Å². The Hall–Kier alpha value is -0.600. The molecule has 1 aliphatic heterocycles.